The van der Waals surface area contributed by atoms with Gasteiger partial charge in [0.2, 0.25) is 0 Å². The highest BCUT2D eigenvalue weighted by atomic mass is 16.8. The lowest BCUT2D eigenvalue weighted by Crippen LogP contribution is -2.64. The summed E-state index contributed by atoms with van der Waals surface area (Å²) in [7, 11) is 0. The van der Waals surface area contributed by atoms with Crippen LogP contribution in [0.25, 0.3) is 21.5 Å². The number of aliphatic hydroxyl groups is 12. The van der Waals surface area contributed by atoms with E-state index in [2.05, 4.69) is 0 Å². The summed E-state index contributed by atoms with van der Waals surface area (Å²) in [6, 6.07) is 19.9. The standard InChI is InChI=1S/C44H52O22/c45-29-25-13-57-21-5-1-17-2-6-22(10-19(17)9-21)58-14-26-30(46)34(50)38(54)42(62-26)66-44-40(56)36(52)32(48)28(64-44)16-60-24-8-4-18-3-7-23(11-20(18)12-24)59-15-27-31(47)35(51)39(55)43(63-27)65-41(61-25)37(53)33(29)49/h1-12,25-56H,13-16H2/t25-,26-,27-,28-,29-,30-,31-,32-,33+,34+,35+,36+,37-,38-,39-,40-,41-,42-,43-,44-/m1/s1. The van der Waals surface area contributed by atoms with E-state index >= 15 is 0 Å². The zero-order chi connectivity index (χ0) is 46.6. The molecule has 66 heavy (non-hydrogen) atoms. The van der Waals surface area contributed by atoms with E-state index in [-0.39, 0.29) is 49.4 Å². The third-order valence-electron chi connectivity index (χ3n) is 12.4. The van der Waals surface area contributed by atoms with Crippen molar-refractivity contribution in [2.45, 2.75) is 123 Å². The third-order valence-corrected chi connectivity index (χ3v) is 12.4. The van der Waals surface area contributed by atoms with Crippen LogP contribution in [0.1, 0.15) is 0 Å². The van der Waals surface area contributed by atoms with E-state index in [0.29, 0.717) is 10.8 Å². The van der Waals surface area contributed by atoms with E-state index in [1.54, 1.807) is 72.8 Å². The summed E-state index contributed by atoms with van der Waals surface area (Å²) in [6.07, 6.45) is -33.5. The fourth-order valence-corrected chi connectivity index (χ4v) is 8.41. The van der Waals surface area contributed by atoms with Crippen LogP contribution in [0.4, 0.5) is 0 Å². The van der Waals surface area contributed by atoms with Gasteiger partial charge in [-0.05, 0) is 70.1 Å². The predicted octanol–water partition coefficient (Wildman–Crippen LogP) is -3.51. The molecular weight excluding hydrogens is 880 g/mol. The quantitative estimate of drug-likeness (QED) is 0.0813. The van der Waals surface area contributed by atoms with Gasteiger partial charge < -0.3 is 109 Å². The Morgan fingerprint density at radius 2 is 0.485 bits per heavy atom. The molecule has 4 aromatic carbocycles. The largest absolute Gasteiger partial charge is 0.491 e. The molecule has 22 heteroatoms. The Bertz CT molecular complexity index is 1980. The Balaban J connectivity index is 0.989. The van der Waals surface area contributed by atoms with Gasteiger partial charge in [0.15, 0.2) is 25.2 Å². The summed E-state index contributed by atoms with van der Waals surface area (Å²) in [4.78, 5) is 0. The summed E-state index contributed by atoms with van der Waals surface area (Å²) >= 11 is 0. The first-order valence-corrected chi connectivity index (χ1v) is 21.3. The molecule has 360 valence electrons. The lowest BCUT2D eigenvalue weighted by Gasteiger charge is -2.44. The highest BCUT2D eigenvalue weighted by Crippen LogP contribution is 2.34. The number of fused-ring (bicyclic) bond motifs is 12. The monoisotopic (exact) mass is 932 g/mol. The van der Waals surface area contributed by atoms with E-state index in [9.17, 15) is 61.3 Å². The molecular formula is C44H52O22. The van der Waals surface area contributed by atoms with Gasteiger partial charge in [0.1, 0.15) is 147 Å². The van der Waals surface area contributed by atoms with Crippen molar-refractivity contribution in [1.29, 1.82) is 0 Å². The van der Waals surface area contributed by atoms with Crippen LogP contribution in [-0.4, -0.2) is 211 Å². The number of ether oxygens (including phenoxy) is 10. The van der Waals surface area contributed by atoms with Crippen LogP contribution in [0.3, 0.4) is 0 Å². The zero-order valence-electron chi connectivity index (χ0n) is 34.8. The van der Waals surface area contributed by atoms with Gasteiger partial charge >= 0.3 is 0 Å². The summed E-state index contributed by atoms with van der Waals surface area (Å²) < 4.78 is 58.4. The van der Waals surface area contributed by atoms with Crippen LogP contribution in [0, 0.1) is 0 Å². The van der Waals surface area contributed by atoms with Crippen LogP contribution in [-0.2, 0) is 28.4 Å². The average molecular weight is 933 g/mol. The molecule has 22 nitrogen and oxygen atoms in total. The van der Waals surface area contributed by atoms with Crippen LogP contribution >= 0.6 is 0 Å². The number of aliphatic hydroxyl groups excluding tert-OH is 12. The van der Waals surface area contributed by atoms with Crippen molar-refractivity contribution >= 4 is 21.5 Å². The Kier molecular flexibility index (Phi) is 13.9. The molecule has 5 heterocycles. The van der Waals surface area contributed by atoms with Gasteiger partial charge in [-0.15, -0.1) is 0 Å². The molecule has 0 unspecified atom stereocenters. The molecule has 0 spiro atoms. The molecule has 5 aliphatic rings. The SMILES string of the molecule is O[C@@H]1[C@@H](O)[C@H]2O[C@H]3O[C@H](COc4ccc5ccc(cc5c4)OC[C@H]4O[C@H](O[C@H]5O[C@H](COc6ccc7ccc(cc7c6)OC[C@@H](O2)[C@H]1O)[C@@H](O)[C@H](O)[C@H]5O)[C@H](O)[C@@H](O)[C@@H]4O)[C@@H](O)[C@H](O)[C@H]3O. The van der Waals surface area contributed by atoms with Gasteiger partial charge in [-0.3, -0.25) is 0 Å². The van der Waals surface area contributed by atoms with Gasteiger partial charge in [0.05, 0.1) is 0 Å². The predicted molar refractivity (Wildman–Crippen MR) is 219 cm³/mol. The molecule has 4 aromatic rings. The normalized spacial score (nSPS) is 41.5. The molecule has 4 saturated heterocycles. The summed E-state index contributed by atoms with van der Waals surface area (Å²) in [5.41, 5.74) is 0. The van der Waals surface area contributed by atoms with Crippen LogP contribution < -0.4 is 18.9 Å². The maximum absolute atomic E-state index is 10.8. The fourth-order valence-electron chi connectivity index (χ4n) is 8.41. The molecule has 20 atom stereocenters. The van der Waals surface area contributed by atoms with Gasteiger partial charge in [0.25, 0.3) is 0 Å². The first-order valence-electron chi connectivity index (χ1n) is 21.3. The van der Waals surface area contributed by atoms with Gasteiger partial charge in [-0.2, -0.15) is 0 Å². The Morgan fingerprint density at radius 1 is 0.258 bits per heavy atom. The van der Waals surface area contributed by atoms with Crippen molar-refractivity contribution in [2.75, 3.05) is 26.4 Å². The Morgan fingerprint density at radius 3 is 0.712 bits per heavy atom. The minimum Gasteiger partial charge on any atom is -0.491 e. The smallest absolute Gasteiger partial charge is 0.189 e. The molecule has 4 fully saturated rings. The Hall–Kier alpha value is -4.12. The van der Waals surface area contributed by atoms with Gasteiger partial charge in [-0.1, -0.05) is 24.3 Å². The van der Waals surface area contributed by atoms with E-state index < -0.39 is 123 Å². The van der Waals surface area contributed by atoms with Crippen molar-refractivity contribution in [3.8, 4) is 23.0 Å². The van der Waals surface area contributed by atoms with Crippen molar-refractivity contribution in [3.63, 3.8) is 0 Å². The van der Waals surface area contributed by atoms with Gasteiger partial charge in [0, 0.05) is 0 Å². The van der Waals surface area contributed by atoms with E-state index in [1.807, 2.05) is 0 Å². The number of rotatable bonds is 0. The highest BCUT2D eigenvalue weighted by Gasteiger charge is 2.52. The molecule has 0 aromatic heterocycles. The molecule has 5 aliphatic heterocycles. The zero-order valence-corrected chi connectivity index (χ0v) is 34.8. The van der Waals surface area contributed by atoms with Crippen molar-refractivity contribution in [1.82, 2.24) is 0 Å². The Labute approximate surface area is 374 Å². The first-order chi connectivity index (χ1) is 31.6. The van der Waals surface area contributed by atoms with Gasteiger partial charge in [-0.25, -0.2) is 0 Å². The molecule has 12 N–H and O–H groups in total. The fraction of sp³-hybridized carbons (Fsp3) is 0.545. The maximum Gasteiger partial charge on any atom is 0.189 e. The van der Waals surface area contributed by atoms with E-state index in [1.165, 1.54) is 0 Å². The summed E-state index contributed by atoms with van der Waals surface area (Å²) in [5.74, 6) is 1.11. The number of hydrogen-bond donors (Lipinski definition) is 12. The summed E-state index contributed by atoms with van der Waals surface area (Å²) in [6.45, 7) is -1.52. The van der Waals surface area contributed by atoms with E-state index in [4.69, 9.17) is 47.4 Å². The lowest BCUT2D eigenvalue weighted by molar-refractivity contribution is -0.375. The number of hydrogen-bond acceptors (Lipinski definition) is 22. The number of benzene rings is 4. The third kappa shape index (κ3) is 9.49. The molecule has 0 radical (unpaired) electrons. The van der Waals surface area contributed by atoms with Crippen molar-refractivity contribution in [3.05, 3.63) is 72.8 Å². The first kappa shape index (κ1) is 47.0. The average Bonchev–Trinajstić information content (AvgIpc) is 3.32. The van der Waals surface area contributed by atoms with E-state index in [0.717, 1.165) is 10.8 Å². The minimum atomic E-state index is -1.86. The highest BCUT2D eigenvalue weighted by molar-refractivity contribution is 5.86. The lowest BCUT2D eigenvalue weighted by atomic mass is 9.98. The topological polar surface area (TPSA) is 335 Å². The maximum atomic E-state index is 10.8. The second kappa shape index (κ2) is 19.5. The van der Waals surface area contributed by atoms with Crippen LogP contribution in [0.15, 0.2) is 72.8 Å². The minimum absolute atomic E-state index is 0.277. The molecule has 0 amide bonds. The molecule has 0 aliphatic carbocycles. The molecule has 14 bridgehead atoms. The van der Waals surface area contributed by atoms with Crippen LogP contribution in [0.5, 0.6) is 23.0 Å². The second-order valence-corrected chi connectivity index (χ2v) is 16.9. The molecule has 9 rings (SSSR count). The van der Waals surface area contributed by atoms with Crippen LogP contribution in [0.2, 0.25) is 0 Å². The van der Waals surface area contributed by atoms with Crippen molar-refractivity contribution < 1.29 is 109 Å². The second-order valence-electron chi connectivity index (χ2n) is 16.9. The molecule has 0 saturated carbocycles. The van der Waals surface area contributed by atoms with Crippen molar-refractivity contribution in [2.24, 2.45) is 0 Å². The summed E-state index contributed by atoms with van der Waals surface area (Å²) in [5, 5.41) is 133.